The molecule has 0 amide bonds. The van der Waals surface area contributed by atoms with Crippen molar-refractivity contribution in [3.63, 3.8) is 0 Å². The van der Waals surface area contributed by atoms with Crippen LogP contribution in [0.5, 0.6) is 0 Å². The lowest BCUT2D eigenvalue weighted by Crippen LogP contribution is -1.87. The molecule has 0 aliphatic heterocycles. The van der Waals surface area contributed by atoms with Crippen molar-refractivity contribution in [3.8, 4) is 5.40 Å². The van der Waals surface area contributed by atoms with Gasteiger partial charge < -0.3 is 5.73 Å². The van der Waals surface area contributed by atoms with Crippen LogP contribution in [-0.2, 0) is 0 Å². The van der Waals surface area contributed by atoms with E-state index in [1.54, 1.807) is 18.3 Å². The molecule has 1 aromatic heterocycles. The number of thioether (sulfide) groups is 1. The molecule has 0 atom stereocenters. The molecule has 50 valence electrons. The summed E-state index contributed by atoms with van der Waals surface area (Å²) >= 11 is 1.07. The number of thiocyanates is 1. The van der Waals surface area contributed by atoms with Crippen LogP contribution in [0.3, 0.4) is 0 Å². The summed E-state index contributed by atoms with van der Waals surface area (Å²) in [5, 5.41) is 10.2. The van der Waals surface area contributed by atoms with Gasteiger partial charge in [0, 0.05) is 11.1 Å². The van der Waals surface area contributed by atoms with Gasteiger partial charge in [0.2, 0.25) is 0 Å². The molecule has 2 N–H and O–H groups in total. The zero-order valence-electron chi connectivity index (χ0n) is 5.11. The van der Waals surface area contributed by atoms with Gasteiger partial charge in [-0.2, -0.15) is 5.26 Å². The quantitative estimate of drug-likeness (QED) is 0.484. The molecule has 4 heteroatoms. The molecule has 0 aromatic carbocycles. The number of hydrogen-bond donors (Lipinski definition) is 1. The fourth-order valence-electron chi connectivity index (χ4n) is 0.505. The van der Waals surface area contributed by atoms with E-state index in [9.17, 15) is 0 Å². The maximum atomic E-state index is 8.24. The maximum Gasteiger partial charge on any atom is 0.138 e. The second-order valence-electron chi connectivity index (χ2n) is 1.61. The third-order valence-corrected chi connectivity index (χ3v) is 1.49. The third kappa shape index (κ3) is 1.64. The summed E-state index contributed by atoms with van der Waals surface area (Å²) in [5.41, 5.74) is 5.32. The molecule has 0 aliphatic rings. The van der Waals surface area contributed by atoms with Gasteiger partial charge in [-0.3, -0.25) is 0 Å². The van der Waals surface area contributed by atoms with Crippen molar-refractivity contribution in [2.75, 3.05) is 5.73 Å². The lowest BCUT2D eigenvalue weighted by atomic mass is 10.5. The lowest BCUT2D eigenvalue weighted by Gasteiger charge is -1.91. The number of anilines is 1. The summed E-state index contributed by atoms with van der Waals surface area (Å²) in [6.07, 6.45) is 1.57. The van der Waals surface area contributed by atoms with Gasteiger partial charge in [-0.15, -0.1) is 0 Å². The molecule has 0 saturated carbocycles. The lowest BCUT2D eigenvalue weighted by molar-refractivity contribution is 1.25. The van der Waals surface area contributed by atoms with Crippen LogP contribution in [0.1, 0.15) is 0 Å². The highest BCUT2D eigenvalue weighted by Crippen LogP contribution is 2.14. The van der Waals surface area contributed by atoms with Crippen LogP contribution in [0.15, 0.2) is 23.2 Å². The molecule has 0 radical (unpaired) electrons. The van der Waals surface area contributed by atoms with E-state index in [0.29, 0.717) is 5.82 Å². The van der Waals surface area contributed by atoms with Crippen LogP contribution < -0.4 is 5.73 Å². The number of rotatable bonds is 1. The first-order valence-electron chi connectivity index (χ1n) is 2.60. The number of hydrogen-bond acceptors (Lipinski definition) is 4. The van der Waals surface area contributed by atoms with Gasteiger partial charge in [0.1, 0.15) is 11.2 Å². The van der Waals surface area contributed by atoms with E-state index in [1.165, 1.54) is 0 Å². The van der Waals surface area contributed by atoms with Crippen molar-refractivity contribution in [1.82, 2.24) is 4.98 Å². The molecule has 10 heavy (non-hydrogen) atoms. The largest absolute Gasteiger partial charge is 0.384 e. The minimum absolute atomic E-state index is 0.474. The summed E-state index contributed by atoms with van der Waals surface area (Å²) < 4.78 is 0. The summed E-state index contributed by atoms with van der Waals surface area (Å²) in [6, 6.07) is 3.43. The van der Waals surface area contributed by atoms with Gasteiger partial charge in [0.25, 0.3) is 0 Å². The number of nitrogens with zero attached hydrogens (tertiary/aromatic N) is 2. The van der Waals surface area contributed by atoms with E-state index in [4.69, 9.17) is 11.0 Å². The minimum Gasteiger partial charge on any atom is -0.384 e. The summed E-state index contributed by atoms with van der Waals surface area (Å²) in [6.45, 7) is 0. The van der Waals surface area contributed by atoms with Crippen molar-refractivity contribution in [2.24, 2.45) is 0 Å². The third-order valence-electron chi connectivity index (χ3n) is 0.923. The zero-order chi connectivity index (χ0) is 7.40. The number of nitrogen functional groups attached to an aromatic ring is 1. The molecular formula is C6H5N3S. The van der Waals surface area contributed by atoms with E-state index >= 15 is 0 Å². The van der Waals surface area contributed by atoms with Crippen molar-refractivity contribution < 1.29 is 0 Å². The van der Waals surface area contributed by atoms with Crippen LogP contribution in [0.25, 0.3) is 0 Å². The van der Waals surface area contributed by atoms with E-state index in [2.05, 4.69) is 4.98 Å². The van der Waals surface area contributed by atoms with Gasteiger partial charge >= 0.3 is 0 Å². The second-order valence-corrected chi connectivity index (χ2v) is 2.47. The van der Waals surface area contributed by atoms with E-state index < -0.39 is 0 Å². The SMILES string of the molecule is N#CSc1ccc(N)nc1. The normalized spacial score (nSPS) is 8.70. The van der Waals surface area contributed by atoms with Crippen LogP contribution in [0.2, 0.25) is 0 Å². The highest BCUT2D eigenvalue weighted by atomic mass is 32.2. The Bertz CT molecular complexity index is 249. The summed E-state index contributed by atoms with van der Waals surface area (Å²) in [4.78, 5) is 4.62. The highest BCUT2D eigenvalue weighted by molar-refractivity contribution is 8.03. The Labute approximate surface area is 62.9 Å². The molecule has 1 heterocycles. The fourth-order valence-corrected chi connectivity index (χ4v) is 0.852. The van der Waals surface area contributed by atoms with Crippen LogP contribution in [0, 0.1) is 10.7 Å². The predicted molar refractivity (Wildman–Crippen MR) is 40.1 cm³/mol. The van der Waals surface area contributed by atoms with Gasteiger partial charge in [-0.05, 0) is 23.9 Å². The molecule has 0 spiro atoms. The Kier molecular flexibility index (Phi) is 2.13. The smallest absolute Gasteiger partial charge is 0.138 e. The number of aromatic nitrogens is 1. The Hall–Kier alpha value is -1.21. The Balaban J connectivity index is 2.81. The second kappa shape index (κ2) is 3.08. The molecule has 1 aromatic rings. The van der Waals surface area contributed by atoms with E-state index in [0.717, 1.165) is 16.7 Å². The molecule has 0 fully saturated rings. The minimum atomic E-state index is 0.474. The van der Waals surface area contributed by atoms with Crippen molar-refractivity contribution in [3.05, 3.63) is 18.3 Å². The molecule has 0 saturated heterocycles. The first-order chi connectivity index (χ1) is 4.83. The van der Waals surface area contributed by atoms with Crippen molar-refractivity contribution in [1.29, 1.82) is 5.26 Å². The Morgan fingerprint density at radius 2 is 2.40 bits per heavy atom. The van der Waals surface area contributed by atoms with Crippen LogP contribution >= 0.6 is 11.8 Å². The molecule has 0 bridgehead atoms. The standard InChI is InChI=1S/C6H5N3S/c7-4-10-5-1-2-6(8)9-3-5/h1-3H,(H2,8,9). The summed E-state index contributed by atoms with van der Waals surface area (Å²) in [5.74, 6) is 0.474. The number of nitriles is 1. The van der Waals surface area contributed by atoms with Crippen molar-refractivity contribution in [2.45, 2.75) is 4.90 Å². The van der Waals surface area contributed by atoms with Crippen LogP contribution in [0.4, 0.5) is 5.82 Å². The number of pyridine rings is 1. The molecule has 0 aliphatic carbocycles. The Morgan fingerprint density at radius 3 is 2.90 bits per heavy atom. The molecular weight excluding hydrogens is 146 g/mol. The first-order valence-corrected chi connectivity index (χ1v) is 3.42. The maximum absolute atomic E-state index is 8.24. The monoisotopic (exact) mass is 151 g/mol. The average Bonchev–Trinajstić information content (AvgIpc) is 1.95. The van der Waals surface area contributed by atoms with Crippen molar-refractivity contribution >= 4 is 17.6 Å². The number of nitrogens with two attached hydrogens (primary N) is 1. The van der Waals surface area contributed by atoms with Gasteiger partial charge in [-0.1, -0.05) is 0 Å². The zero-order valence-corrected chi connectivity index (χ0v) is 5.93. The van der Waals surface area contributed by atoms with Crippen LogP contribution in [-0.4, -0.2) is 4.98 Å². The van der Waals surface area contributed by atoms with Gasteiger partial charge in [-0.25, -0.2) is 4.98 Å². The summed E-state index contributed by atoms with van der Waals surface area (Å²) in [7, 11) is 0. The predicted octanol–water partition coefficient (Wildman–Crippen LogP) is 1.24. The fraction of sp³-hybridized carbons (Fsp3) is 0. The molecule has 0 unspecified atom stereocenters. The van der Waals surface area contributed by atoms with E-state index in [1.807, 2.05) is 5.40 Å². The highest BCUT2D eigenvalue weighted by Gasteiger charge is 1.90. The van der Waals surface area contributed by atoms with Gasteiger partial charge in [0.05, 0.1) is 0 Å². The molecule has 1 rings (SSSR count). The van der Waals surface area contributed by atoms with Gasteiger partial charge in [0.15, 0.2) is 0 Å². The first kappa shape index (κ1) is 6.90. The molecule has 3 nitrogen and oxygen atoms in total. The Morgan fingerprint density at radius 1 is 1.60 bits per heavy atom. The topological polar surface area (TPSA) is 62.7 Å². The average molecular weight is 151 g/mol. The van der Waals surface area contributed by atoms with E-state index in [-0.39, 0.29) is 0 Å².